The molecule has 0 aliphatic rings. The SMILES string of the molecule is CP(Cl)CCCP(C)Cl. The van der Waals surface area contributed by atoms with Gasteiger partial charge in [-0.1, -0.05) is 22.5 Å². The van der Waals surface area contributed by atoms with Gasteiger partial charge in [0, 0.05) is 0 Å². The highest BCUT2D eigenvalue weighted by Crippen LogP contribution is 2.41. The van der Waals surface area contributed by atoms with Crippen LogP contribution in [0, 0.1) is 0 Å². The van der Waals surface area contributed by atoms with Crippen molar-refractivity contribution in [2.45, 2.75) is 6.42 Å². The van der Waals surface area contributed by atoms with Gasteiger partial charge >= 0.3 is 0 Å². The second-order valence-corrected chi connectivity index (χ2v) is 8.79. The first kappa shape index (κ1) is 10.4. The Morgan fingerprint density at radius 3 is 1.56 bits per heavy atom. The zero-order chi connectivity index (χ0) is 7.28. The molecule has 0 bridgehead atoms. The molecule has 2 unspecified atom stereocenters. The second-order valence-electron chi connectivity index (χ2n) is 2.01. The van der Waals surface area contributed by atoms with Crippen LogP contribution in [-0.4, -0.2) is 25.7 Å². The van der Waals surface area contributed by atoms with Gasteiger partial charge in [-0.05, 0) is 46.6 Å². The maximum absolute atomic E-state index is 5.79. The van der Waals surface area contributed by atoms with E-state index in [0.717, 1.165) is 12.3 Å². The fraction of sp³-hybridized carbons (Fsp3) is 1.00. The summed E-state index contributed by atoms with van der Waals surface area (Å²) in [5, 5.41) is 0. The molecule has 0 aromatic rings. The molecule has 0 heterocycles. The Labute approximate surface area is 69.4 Å². The molecule has 56 valence electrons. The van der Waals surface area contributed by atoms with Gasteiger partial charge in [0.25, 0.3) is 0 Å². The lowest BCUT2D eigenvalue weighted by Gasteiger charge is -2.03. The fourth-order valence-electron chi connectivity index (χ4n) is 0.506. The fourth-order valence-corrected chi connectivity index (χ4v) is 2.66. The van der Waals surface area contributed by atoms with E-state index in [1.807, 2.05) is 0 Å². The second kappa shape index (κ2) is 6.17. The summed E-state index contributed by atoms with van der Waals surface area (Å²) in [6.45, 7) is 4.17. The van der Waals surface area contributed by atoms with Crippen LogP contribution in [0.5, 0.6) is 0 Å². The molecule has 0 saturated heterocycles. The highest BCUT2D eigenvalue weighted by atomic mass is 35.7. The van der Waals surface area contributed by atoms with Gasteiger partial charge in [0.05, 0.1) is 0 Å². The zero-order valence-electron chi connectivity index (χ0n) is 5.77. The Hall–Kier alpha value is 1.44. The van der Waals surface area contributed by atoms with Gasteiger partial charge in [-0.25, -0.2) is 0 Å². The smallest absolute Gasteiger partial charge is 0.0129 e. The number of rotatable bonds is 4. The zero-order valence-corrected chi connectivity index (χ0v) is 9.07. The van der Waals surface area contributed by atoms with Crippen LogP contribution in [0.1, 0.15) is 6.42 Å². The van der Waals surface area contributed by atoms with E-state index in [1.54, 1.807) is 0 Å². The highest BCUT2D eigenvalue weighted by molar-refractivity contribution is 7.84. The van der Waals surface area contributed by atoms with Gasteiger partial charge < -0.3 is 0 Å². The van der Waals surface area contributed by atoms with Crippen molar-refractivity contribution in [3.63, 3.8) is 0 Å². The van der Waals surface area contributed by atoms with E-state index in [4.69, 9.17) is 22.5 Å². The van der Waals surface area contributed by atoms with Crippen LogP contribution in [0.3, 0.4) is 0 Å². The summed E-state index contributed by atoms with van der Waals surface area (Å²) in [6.07, 6.45) is 3.53. The van der Waals surface area contributed by atoms with Crippen molar-refractivity contribution in [2.75, 3.05) is 25.7 Å². The topological polar surface area (TPSA) is 0 Å². The van der Waals surface area contributed by atoms with Crippen molar-refractivity contribution in [1.82, 2.24) is 0 Å². The molecule has 0 aromatic carbocycles. The van der Waals surface area contributed by atoms with E-state index < -0.39 is 0 Å². The van der Waals surface area contributed by atoms with Crippen molar-refractivity contribution < 1.29 is 0 Å². The Kier molecular flexibility index (Phi) is 7.16. The predicted molar refractivity (Wildman–Crippen MR) is 51.7 cm³/mol. The van der Waals surface area contributed by atoms with Crippen LogP contribution in [0.15, 0.2) is 0 Å². The summed E-state index contributed by atoms with van der Waals surface area (Å²) in [5.41, 5.74) is 0. The first-order valence-corrected chi connectivity index (χ1v) is 8.62. The highest BCUT2D eigenvalue weighted by Gasteiger charge is 1.98. The van der Waals surface area contributed by atoms with E-state index in [9.17, 15) is 0 Å². The minimum atomic E-state index is -0.207. The van der Waals surface area contributed by atoms with Gasteiger partial charge in [-0.3, -0.25) is 0 Å². The molecule has 0 radical (unpaired) electrons. The maximum atomic E-state index is 5.79. The lowest BCUT2D eigenvalue weighted by Crippen LogP contribution is -1.82. The molecule has 0 aliphatic heterocycles. The van der Waals surface area contributed by atoms with E-state index in [2.05, 4.69) is 13.3 Å². The van der Waals surface area contributed by atoms with Crippen LogP contribution in [0.25, 0.3) is 0 Å². The third-order valence-electron chi connectivity index (χ3n) is 0.932. The number of halogens is 2. The number of hydrogen-bond donors (Lipinski definition) is 0. The minimum absolute atomic E-state index is 0.207. The first-order chi connectivity index (χ1) is 4.13. The van der Waals surface area contributed by atoms with Gasteiger partial charge in [-0.15, -0.1) is 0 Å². The Bertz CT molecular complexity index is 58.0. The third-order valence-corrected chi connectivity index (χ3v) is 3.81. The Balaban J connectivity index is 2.91. The van der Waals surface area contributed by atoms with Crippen LogP contribution in [0.4, 0.5) is 0 Å². The Morgan fingerprint density at radius 2 is 1.33 bits per heavy atom. The van der Waals surface area contributed by atoms with Gasteiger partial charge in [0.2, 0.25) is 0 Å². The van der Waals surface area contributed by atoms with E-state index in [0.29, 0.717) is 0 Å². The molecule has 4 heteroatoms. The molecule has 0 amide bonds. The largest absolute Gasteiger partial charge is 0.0967 e. The molecular weight excluding hydrogens is 193 g/mol. The van der Waals surface area contributed by atoms with Crippen molar-refractivity contribution in [1.29, 1.82) is 0 Å². The van der Waals surface area contributed by atoms with Crippen molar-refractivity contribution >= 4 is 37.0 Å². The average molecular weight is 205 g/mol. The molecule has 0 saturated carbocycles. The van der Waals surface area contributed by atoms with Gasteiger partial charge in [-0.2, -0.15) is 0 Å². The van der Waals surface area contributed by atoms with Crippen LogP contribution >= 0.6 is 37.0 Å². The quantitative estimate of drug-likeness (QED) is 0.610. The lowest BCUT2D eigenvalue weighted by molar-refractivity contribution is 1.11. The third kappa shape index (κ3) is 9.44. The summed E-state index contributed by atoms with van der Waals surface area (Å²) in [6, 6.07) is 0. The molecule has 0 rings (SSSR count). The van der Waals surface area contributed by atoms with Crippen molar-refractivity contribution in [3.05, 3.63) is 0 Å². The lowest BCUT2D eigenvalue weighted by atomic mass is 10.6. The molecule has 0 aliphatic carbocycles. The van der Waals surface area contributed by atoms with E-state index in [1.165, 1.54) is 6.42 Å². The summed E-state index contributed by atoms with van der Waals surface area (Å²) < 4.78 is 0. The first-order valence-electron chi connectivity index (χ1n) is 2.86. The molecule has 2 atom stereocenters. The summed E-state index contributed by atoms with van der Waals surface area (Å²) >= 11 is 11.6. The standard InChI is InChI=1S/C5H12Cl2P2/c1-8(6)4-3-5-9(2)7/h3-5H2,1-2H3. The van der Waals surface area contributed by atoms with Gasteiger partial charge in [0.15, 0.2) is 0 Å². The monoisotopic (exact) mass is 204 g/mol. The molecule has 9 heavy (non-hydrogen) atoms. The molecule has 0 N–H and O–H groups in total. The molecule has 0 nitrogen and oxygen atoms in total. The summed E-state index contributed by atoms with van der Waals surface area (Å²) in [4.78, 5) is 0. The summed E-state index contributed by atoms with van der Waals surface area (Å²) in [7, 11) is -0.414. The van der Waals surface area contributed by atoms with Crippen LogP contribution < -0.4 is 0 Å². The number of hydrogen-bond acceptors (Lipinski definition) is 0. The normalized spacial score (nSPS) is 17.3. The molecule has 0 aromatic heterocycles. The predicted octanol–water partition coefficient (Wildman–Crippen LogP) is 3.91. The average Bonchev–Trinajstić information content (AvgIpc) is 1.63. The molecular formula is C5H12Cl2P2. The van der Waals surface area contributed by atoms with E-state index >= 15 is 0 Å². The van der Waals surface area contributed by atoms with Crippen LogP contribution in [-0.2, 0) is 0 Å². The molecule has 0 spiro atoms. The van der Waals surface area contributed by atoms with Crippen molar-refractivity contribution in [3.8, 4) is 0 Å². The molecule has 0 fully saturated rings. The van der Waals surface area contributed by atoms with Crippen LogP contribution in [0.2, 0.25) is 0 Å². The Morgan fingerprint density at radius 1 is 1.00 bits per heavy atom. The van der Waals surface area contributed by atoms with Gasteiger partial charge in [0.1, 0.15) is 0 Å². The van der Waals surface area contributed by atoms with Crippen molar-refractivity contribution in [2.24, 2.45) is 0 Å². The maximum Gasteiger partial charge on any atom is -0.0129 e. The van der Waals surface area contributed by atoms with E-state index in [-0.39, 0.29) is 14.5 Å². The summed E-state index contributed by atoms with van der Waals surface area (Å²) in [5.74, 6) is 0. The minimum Gasteiger partial charge on any atom is -0.0967 e.